The number of ether oxygens (including phenoxy) is 2. The lowest BCUT2D eigenvalue weighted by molar-refractivity contribution is -0.384. The van der Waals surface area contributed by atoms with Gasteiger partial charge in [-0.15, -0.1) is 0 Å². The van der Waals surface area contributed by atoms with Crippen LogP contribution in [0.25, 0.3) is 17.4 Å². The second kappa shape index (κ2) is 11.6. The van der Waals surface area contributed by atoms with E-state index in [9.17, 15) is 19.7 Å². The molecule has 41 heavy (non-hydrogen) atoms. The first-order valence-electron chi connectivity index (χ1n) is 12.2. The highest BCUT2D eigenvalue weighted by Crippen LogP contribution is 2.37. The Morgan fingerprint density at radius 3 is 2.73 bits per heavy atom. The third-order valence-electron chi connectivity index (χ3n) is 6.31. The summed E-state index contributed by atoms with van der Waals surface area (Å²) in [5.41, 5.74) is 1.09. The lowest BCUT2D eigenvalue weighted by atomic mass is 10.0. The topological polar surface area (TPSA) is 126 Å². The van der Waals surface area contributed by atoms with Gasteiger partial charge in [0.2, 0.25) is 0 Å². The Kier molecular flexibility index (Phi) is 8.16. The second-order valence-electron chi connectivity index (χ2n) is 8.82. The van der Waals surface area contributed by atoms with Crippen LogP contribution in [0.2, 0.25) is 5.02 Å². The van der Waals surface area contributed by atoms with Crippen molar-refractivity contribution in [2.75, 3.05) is 13.7 Å². The highest BCUT2D eigenvalue weighted by atomic mass is 127. The van der Waals surface area contributed by atoms with Crippen molar-refractivity contribution in [3.8, 4) is 17.1 Å². The summed E-state index contributed by atoms with van der Waals surface area (Å²) in [7, 11) is 1.59. The zero-order valence-corrected chi connectivity index (χ0v) is 25.6. The second-order valence-corrected chi connectivity index (χ2v) is 11.4. The number of methoxy groups -OCH3 is 1. The molecule has 0 unspecified atom stereocenters. The number of hydrogen-bond donors (Lipinski definition) is 0. The van der Waals surface area contributed by atoms with Crippen molar-refractivity contribution in [1.29, 1.82) is 0 Å². The predicted octanol–water partition coefficient (Wildman–Crippen LogP) is 5.23. The molecule has 2 aromatic carbocycles. The lowest BCUT2D eigenvalue weighted by Crippen LogP contribution is -2.39. The van der Waals surface area contributed by atoms with Gasteiger partial charge in [-0.2, -0.15) is 0 Å². The Labute approximate surface area is 255 Å². The number of esters is 1. The van der Waals surface area contributed by atoms with Gasteiger partial charge in [-0.3, -0.25) is 19.5 Å². The standard InChI is InChI=1S/C28H21ClIN3O7S/c1-4-39-27(35)24-14(2)31-28-32(26(34)23(41-28)12-15-5-8-21(38-3)19(30)11-15)25(24)22-10-9-20(40-22)17-13-16(33(36)37)6-7-18(17)29/h5-13,25H,4H2,1-3H3/b23-12-/t25-/m0/s1. The average molecular weight is 706 g/mol. The first-order chi connectivity index (χ1) is 19.6. The number of nitro benzene ring substituents is 1. The number of hydrogen-bond acceptors (Lipinski definition) is 9. The van der Waals surface area contributed by atoms with E-state index in [0.717, 1.165) is 14.9 Å². The van der Waals surface area contributed by atoms with Crippen LogP contribution < -0.4 is 19.6 Å². The monoisotopic (exact) mass is 705 g/mol. The smallest absolute Gasteiger partial charge is 0.338 e. The number of allylic oxidation sites excluding steroid dienone is 1. The van der Waals surface area contributed by atoms with Crippen molar-refractivity contribution >= 4 is 63.3 Å². The van der Waals surface area contributed by atoms with Crippen molar-refractivity contribution in [1.82, 2.24) is 4.57 Å². The number of furan rings is 1. The number of nitro groups is 1. The van der Waals surface area contributed by atoms with Crippen LogP contribution in [0.4, 0.5) is 5.69 Å². The van der Waals surface area contributed by atoms with E-state index in [1.807, 2.05) is 18.2 Å². The van der Waals surface area contributed by atoms with Crippen LogP contribution in [0, 0.1) is 13.7 Å². The van der Waals surface area contributed by atoms with Gasteiger partial charge in [0.15, 0.2) is 4.80 Å². The Morgan fingerprint density at radius 2 is 2.05 bits per heavy atom. The normalized spacial score (nSPS) is 15.0. The molecule has 3 heterocycles. The number of rotatable bonds is 7. The molecule has 4 aromatic rings. The van der Waals surface area contributed by atoms with E-state index in [0.29, 0.717) is 20.6 Å². The minimum absolute atomic E-state index is 0.121. The molecule has 0 N–H and O–H groups in total. The molecule has 0 saturated heterocycles. The van der Waals surface area contributed by atoms with Gasteiger partial charge in [0, 0.05) is 17.7 Å². The van der Waals surface area contributed by atoms with E-state index in [1.54, 1.807) is 39.2 Å². The molecular formula is C28H21ClIN3O7S. The number of aromatic nitrogens is 1. The highest BCUT2D eigenvalue weighted by molar-refractivity contribution is 14.1. The SMILES string of the molecule is CCOC(=O)C1=C(C)N=c2s/c(=C\c3ccc(OC)c(I)c3)c(=O)n2[C@H]1c1ccc(-c2cc([N+](=O)[O-])ccc2Cl)o1. The fourth-order valence-corrected chi connectivity index (χ4v) is 6.46. The Bertz CT molecular complexity index is 1920. The molecule has 0 saturated carbocycles. The van der Waals surface area contributed by atoms with Crippen LogP contribution in [-0.4, -0.2) is 29.2 Å². The summed E-state index contributed by atoms with van der Waals surface area (Å²) in [6.45, 7) is 3.47. The fourth-order valence-electron chi connectivity index (χ4n) is 4.44. The van der Waals surface area contributed by atoms with Crippen molar-refractivity contribution in [2.24, 2.45) is 4.99 Å². The third-order valence-corrected chi connectivity index (χ3v) is 8.47. The van der Waals surface area contributed by atoms with Crippen LogP contribution in [0.3, 0.4) is 0 Å². The van der Waals surface area contributed by atoms with E-state index in [-0.39, 0.29) is 40.0 Å². The maximum Gasteiger partial charge on any atom is 0.338 e. The van der Waals surface area contributed by atoms with Crippen LogP contribution in [0.15, 0.2) is 74.0 Å². The first-order valence-corrected chi connectivity index (χ1v) is 14.5. The van der Waals surface area contributed by atoms with Crippen LogP contribution >= 0.6 is 45.5 Å². The summed E-state index contributed by atoms with van der Waals surface area (Å²) in [4.78, 5) is 42.7. The van der Waals surface area contributed by atoms with Crippen LogP contribution in [-0.2, 0) is 9.53 Å². The summed E-state index contributed by atoms with van der Waals surface area (Å²) in [6.07, 6.45) is 1.75. The average Bonchev–Trinajstić information content (AvgIpc) is 3.53. The molecule has 1 aliphatic heterocycles. The zero-order chi connectivity index (χ0) is 29.4. The highest BCUT2D eigenvalue weighted by Gasteiger charge is 2.35. The summed E-state index contributed by atoms with van der Waals surface area (Å²) in [5.74, 6) is 0.563. The van der Waals surface area contributed by atoms with E-state index >= 15 is 0 Å². The van der Waals surface area contributed by atoms with E-state index in [2.05, 4.69) is 27.6 Å². The minimum atomic E-state index is -0.991. The quantitative estimate of drug-likeness (QED) is 0.112. The maximum atomic E-state index is 13.8. The molecule has 5 rings (SSSR count). The molecule has 210 valence electrons. The summed E-state index contributed by atoms with van der Waals surface area (Å²) < 4.78 is 19.5. The molecule has 1 aliphatic rings. The van der Waals surface area contributed by atoms with Gasteiger partial charge < -0.3 is 13.9 Å². The van der Waals surface area contributed by atoms with Gasteiger partial charge in [-0.25, -0.2) is 9.79 Å². The molecule has 13 heteroatoms. The van der Waals surface area contributed by atoms with Gasteiger partial charge in [0.25, 0.3) is 11.2 Å². The van der Waals surface area contributed by atoms with Crippen LogP contribution in [0.5, 0.6) is 5.75 Å². The fraction of sp³-hybridized carbons (Fsp3) is 0.179. The van der Waals surface area contributed by atoms with Gasteiger partial charge in [0.1, 0.15) is 23.3 Å². The first kappa shape index (κ1) is 28.8. The molecule has 1 atom stereocenters. The van der Waals surface area contributed by atoms with Crippen LogP contribution in [0.1, 0.15) is 31.2 Å². The van der Waals surface area contributed by atoms with Crippen molar-refractivity contribution in [3.63, 3.8) is 0 Å². The molecule has 0 fully saturated rings. The number of halogens is 2. The maximum absolute atomic E-state index is 13.8. The number of carbonyl (C=O) groups is 1. The number of carbonyl (C=O) groups excluding carboxylic acids is 1. The molecule has 0 aliphatic carbocycles. The molecule has 0 bridgehead atoms. The van der Waals surface area contributed by atoms with E-state index in [1.165, 1.54) is 34.1 Å². The lowest BCUT2D eigenvalue weighted by Gasteiger charge is -2.22. The van der Waals surface area contributed by atoms with Gasteiger partial charge in [-0.1, -0.05) is 29.0 Å². The van der Waals surface area contributed by atoms with E-state index < -0.39 is 16.9 Å². The summed E-state index contributed by atoms with van der Waals surface area (Å²) in [6, 6.07) is 11.8. The minimum Gasteiger partial charge on any atom is -0.496 e. The van der Waals surface area contributed by atoms with Gasteiger partial charge in [-0.05, 0) is 78.4 Å². The van der Waals surface area contributed by atoms with Crippen molar-refractivity contribution < 1.29 is 23.6 Å². The molecular weight excluding hydrogens is 685 g/mol. The summed E-state index contributed by atoms with van der Waals surface area (Å²) in [5, 5.41) is 11.6. The number of non-ortho nitro benzene ring substituents is 1. The third kappa shape index (κ3) is 5.46. The zero-order valence-electron chi connectivity index (χ0n) is 21.8. The van der Waals surface area contributed by atoms with Gasteiger partial charge >= 0.3 is 5.97 Å². The van der Waals surface area contributed by atoms with Gasteiger partial charge in [0.05, 0.1) is 43.0 Å². The Morgan fingerprint density at radius 1 is 1.27 bits per heavy atom. The van der Waals surface area contributed by atoms with Crippen molar-refractivity contribution in [3.05, 3.63) is 110 Å². The predicted molar refractivity (Wildman–Crippen MR) is 162 cm³/mol. The largest absolute Gasteiger partial charge is 0.496 e. The number of benzene rings is 2. The number of fused-ring (bicyclic) bond motifs is 1. The molecule has 2 aromatic heterocycles. The van der Waals surface area contributed by atoms with Crippen molar-refractivity contribution in [2.45, 2.75) is 19.9 Å². The molecule has 10 nitrogen and oxygen atoms in total. The number of nitrogens with zero attached hydrogens (tertiary/aromatic N) is 3. The Hall–Kier alpha value is -3.75. The Balaban J connectivity index is 1.68. The molecule has 0 radical (unpaired) electrons. The molecule has 0 spiro atoms. The van der Waals surface area contributed by atoms with E-state index in [4.69, 9.17) is 25.5 Å². The summed E-state index contributed by atoms with van der Waals surface area (Å²) >= 11 is 9.69. The number of thiazole rings is 1. The molecule has 0 amide bonds.